The normalized spacial score (nSPS) is 15.9. The lowest BCUT2D eigenvalue weighted by Gasteiger charge is -2.29. The second kappa shape index (κ2) is 7.09. The maximum Gasteiger partial charge on any atom is 0.279 e. The van der Waals surface area contributed by atoms with Crippen molar-refractivity contribution in [1.29, 1.82) is 0 Å². The summed E-state index contributed by atoms with van der Waals surface area (Å²) in [5.41, 5.74) is 1.13. The summed E-state index contributed by atoms with van der Waals surface area (Å²) in [4.78, 5) is 14.9. The van der Waals surface area contributed by atoms with Crippen molar-refractivity contribution < 1.29 is 4.79 Å². The first-order chi connectivity index (χ1) is 12.7. The molecule has 134 valence electrons. The lowest BCUT2D eigenvalue weighted by Crippen LogP contribution is -2.32. The van der Waals surface area contributed by atoms with E-state index in [1.165, 1.54) is 0 Å². The molecule has 3 aromatic rings. The summed E-state index contributed by atoms with van der Waals surface area (Å²) in [5.74, 6) is 0.403. The van der Waals surface area contributed by atoms with Gasteiger partial charge in [-0.15, -0.1) is 5.10 Å². The van der Waals surface area contributed by atoms with Gasteiger partial charge in [-0.05, 0) is 45.1 Å². The molecule has 26 heavy (non-hydrogen) atoms. The molecule has 3 heterocycles. The first kappa shape index (κ1) is 16.5. The third kappa shape index (κ3) is 3.36. The van der Waals surface area contributed by atoms with Gasteiger partial charge >= 0.3 is 0 Å². The second-order valence-electron chi connectivity index (χ2n) is 6.53. The third-order valence-electron chi connectivity index (χ3n) is 4.69. The predicted octanol–water partition coefficient (Wildman–Crippen LogP) is 1.98. The highest BCUT2D eigenvalue weighted by atomic mass is 16.2. The number of rotatable bonds is 4. The molecule has 4 rings (SSSR count). The molecule has 0 spiro atoms. The number of amides is 1. The van der Waals surface area contributed by atoms with Crippen LogP contribution in [-0.4, -0.2) is 55.7 Å². The number of hydrogen-bond donors (Lipinski definition) is 1. The SMILES string of the molecule is CN1CCC(n2nccc2NC(=O)c2cn(-c3ccccc3)nn2)CC1. The fourth-order valence-corrected chi connectivity index (χ4v) is 3.20. The number of aromatic nitrogens is 5. The van der Waals surface area contributed by atoms with E-state index in [1.807, 2.05) is 41.1 Å². The number of nitrogens with zero attached hydrogens (tertiary/aromatic N) is 6. The van der Waals surface area contributed by atoms with Gasteiger partial charge in [0.2, 0.25) is 0 Å². The van der Waals surface area contributed by atoms with Gasteiger partial charge in [0.25, 0.3) is 5.91 Å². The molecular formula is C18H21N7O. The molecule has 1 aliphatic heterocycles. The number of carbonyl (C=O) groups excluding carboxylic acids is 1. The van der Waals surface area contributed by atoms with Crippen molar-refractivity contribution in [3.8, 4) is 5.69 Å². The minimum Gasteiger partial charge on any atom is -0.306 e. The van der Waals surface area contributed by atoms with Crippen molar-refractivity contribution in [2.75, 3.05) is 25.5 Å². The van der Waals surface area contributed by atoms with Gasteiger partial charge in [0, 0.05) is 6.07 Å². The molecule has 8 heteroatoms. The lowest BCUT2D eigenvalue weighted by molar-refractivity contribution is 0.102. The van der Waals surface area contributed by atoms with E-state index in [0.717, 1.165) is 31.6 Å². The average molecular weight is 351 g/mol. The van der Waals surface area contributed by atoms with Crippen LogP contribution >= 0.6 is 0 Å². The number of carbonyl (C=O) groups is 1. The first-order valence-corrected chi connectivity index (χ1v) is 8.72. The van der Waals surface area contributed by atoms with Crippen LogP contribution in [0.1, 0.15) is 29.4 Å². The molecule has 1 aromatic carbocycles. The predicted molar refractivity (Wildman–Crippen MR) is 97.3 cm³/mol. The minimum absolute atomic E-state index is 0.269. The average Bonchev–Trinajstić information content (AvgIpc) is 3.33. The molecule has 1 saturated heterocycles. The zero-order chi connectivity index (χ0) is 17.9. The summed E-state index contributed by atoms with van der Waals surface area (Å²) in [5, 5.41) is 15.3. The highest BCUT2D eigenvalue weighted by Crippen LogP contribution is 2.24. The van der Waals surface area contributed by atoms with E-state index in [4.69, 9.17) is 0 Å². The van der Waals surface area contributed by atoms with Crippen molar-refractivity contribution in [2.24, 2.45) is 0 Å². The van der Waals surface area contributed by atoms with E-state index in [1.54, 1.807) is 17.1 Å². The Morgan fingerprint density at radius 2 is 1.92 bits per heavy atom. The smallest absolute Gasteiger partial charge is 0.279 e. The van der Waals surface area contributed by atoms with Crippen LogP contribution in [0.15, 0.2) is 48.8 Å². The standard InChI is InChI=1S/C18H21N7O/c1-23-11-8-15(9-12-23)25-17(7-10-19-25)20-18(26)16-13-24(22-21-16)14-5-3-2-4-6-14/h2-7,10,13,15H,8-9,11-12H2,1H3,(H,20,26). The van der Waals surface area contributed by atoms with Crippen LogP contribution in [0.5, 0.6) is 0 Å². The molecule has 1 fully saturated rings. The zero-order valence-corrected chi connectivity index (χ0v) is 14.6. The van der Waals surface area contributed by atoms with E-state index in [-0.39, 0.29) is 11.6 Å². The molecule has 0 radical (unpaired) electrons. The highest BCUT2D eigenvalue weighted by Gasteiger charge is 2.22. The van der Waals surface area contributed by atoms with E-state index >= 15 is 0 Å². The number of benzene rings is 1. The van der Waals surface area contributed by atoms with Crippen molar-refractivity contribution in [1.82, 2.24) is 29.7 Å². The first-order valence-electron chi connectivity index (χ1n) is 8.72. The topological polar surface area (TPSA) is 80.9 Å². The van der Waals surface area contributed by atoms with Gasteiger partial charge in [0.15, 0.2) is 5.69 Å². The van der Waals surface area contributed by atoms with Crippen molar-refractivity contribution in [3.05, 3.63) is 54.5 Å². The number of para-hydroxylation sites is 1. The summed E-state index contributed by atoms with van der Waals surface area (Å²) in [6, 6.07) is 11.7. The summed E-state index contributed by atoms with van der Waals surface area (Å²) in [7, 11) is 2.12. The van der Waals surface area contributed by atoms with Gasteiger partial charge < -0.3 is 10.2 Å². The van der Waals surface area contributed by atoms with E-state index < -0.39 is 0 Å². The fraction of sp³-hybridized carbons (Fsp3) is 0.333. The van der Waals surface area contributed by atoms with Crippen LogP contribution < -0.4 is 5.32 Å². The number of hydrogen-bond acceptors (Lipinski definition) is 5. The second-order valence-corrected chi connectivity index (χ2v) is 6.53. The van der Waals surface area contributed by atoms with E-state index in [9.17, 15) is 4.79 Å². The van der Waals surface area contributed by atoms with Crippen molar-refractivity contribution >= 4 is 11.7 Å². The Bertz CT molecular complexity index is 878. The maximum atomic E-state index is 12.6. The summed E-state index contributed by atoms with van der Waals surface area (Å²) in [6.07, 6.45) is 5.38. The molecule has 0 atom stereocenters. The van der Waals surface area contributed by atoms with Crippen LogP contribution in [0.25, 0.3) is 5.69 Å². The fourth-order valence-electron chi connectivity index (χ4n) is 3.20. The van der Waals surface area contributed by atoms with E-state index in [0.29, 0.717) is 11.9 Å². The molecule has 8 nitrogen and oxygen atoms in total. The molecule has 1 N–H and O–H groups in total. The maximum absolute atomic E-state index is 12.6. The minimum atomic E-state index is -0.290. The molecule has 0 bridgehead atoms. The summed E-state index contributed by atoms with van der Waals surface area (Å²) in [6.45, 7) is 2.06. The van der Waals surface area contributed by atoms with Gasteiger partial charge in [-0.25, -0.2) is 9.36 Å². The molecule has 0 saturated carbocycles. The monoisotopic (exact) mass is 351 g/mol. The van der Waals surface area contributed by atoms with Gasteiger partial charge in [-0.3, -0.25) is 4.79 Å². The van der Waals surface area contributed by atoms with E-state index in [2.05, 4.69) is 32.7 Å². The molecule has 0 aliphatic carbocycles. The Hall–Kier alpha value is -3.00. The largest absolute Gasteiger partial charge is 0.306 e. The summed E-state index contributed by atoms with van der Waals surface area (Å²) >= 11 is 0. The number of likely N-dealkylation sites (tertiary alicyclic amines) is 1. The lowest BCUT2D eigenvalue weighted by atomic mass is 10.1. The third-order valence-corrected chi connectivity index (χ3v) is 4.69. The van der Waals surface area contributed by atoms with Crippen LogP contribution in [0, 0.1) is 0 Å². The Labute approximate surface area is 151 Å². The molecule has 1 aliphatic rings. The van der Waals surface area contributed by atoms with Gasteiger partial charge in [0.05, 0.1) is 24.1 Å². The van der Waals surface area contributed by atoms with Crippen LogP contribution in [-0.2, 0) is 0 Å². The number of anilines is 1. The zero-order valence-electron chi connectivity index (χ0n) is 14.6. The van der Waals surface area contributed by atoms with Crippen LogP contribution in [0.3, 0.4) is 0 Å². The number of piperidine rings is 1. The van der Waals surface area contributed by atoms with Gasteiger partial charge in [-0.1, -0.05) is 23.4 Å². The Kier molecular flexibility index (Phi) is 4.49. The van der Waals surface area contributed by atoms with Crippen molar-refractivity contribution in [2.45, 2.75) is 18.9 Å². The Morgan fingerprint density at radius 1 is 1.15 bits per heavy atom. The number of nitrogens with one attached hydrogen (secondary N) is 1. The van der Waals surface area contributed by atoms with Gasteiger partial charge in [0.1, 0.15) is 5.82 Å². The quantitative estimate of drug-likeness (QED) is 0.777. The van der Waals surface area contributed by atoms with Crippen molar-refractivity contribution in [3.63, 3.8) is 0 Å². The highest BCUT2D eigenvalue weighted by molar-refractivity contribution is 6.02. The molecular weight excluding hydrogens is 330 g/mol. The summed E-state index contributed by atoms with van der Waals surface area (Å²) < 4.78 is 3.50. The van der Waals surface area contributed by atoms with Crippen LogP contribution in [0.4, 0.5) is 5.82 Å². The van der Waals surface area contributed by atoms with Gasteiger partial charge in [-0.2, -0.15) is 5.10 Å². The molecule has 1 amide bonds. The molecule has 0 unspecified atom stereocenters. The molecule has 2 aromatic heterocycles. The van der Waals surface area contributed by atoms with Crippen LogP contribution in [0.2, 0.25) is 0 Å². The Morgan fingerprint density at radius 3 is 2.69 bits per heavy atom. The Balaban J connectivity index is 1.48.